The summed E-state index contributed by atoms with van der Waals surface area (Å²) < 4.78 is 1.15. The summed E-state index contributed by atoms with van der Waals surface area (Å²) in [6.45, 7) is 0. The third-order valence-corrected chi connectivity index (χ3v) is 5.61. The molecule has 0 radical (unpaired) electrons. The van der Waals surface area contributed by atoms with Crippen LogP contribution in [0.15, 0.2) is 40.9 Å². The Bertz CT molecular complexity index is 821. The molecule has 0 bridgehead atoms. The Kier molecular flexibility index (Phi) is 3.23. The number of anilines is 1. The fourth-order valence-electron chi connectivity index (χ4n) is 2.84. The Balaban J connectivity index is 1.80. The van der Waals surface area contributed by atoms with Gasteiger partial charge in [0.25, 0.3) is 0 Å². The van der Waals surface area contributed by atoms with Gasteiger partial charge in [-0.1, -0.05) is 46.3 Å². The number of rotatable bonds is 3. The topological polar surface area (TPSA) is 38.9 Å². The van der Waals surface area contributed by atoms with E-state index in [1.54, 1.807) is 11.3 Å². The predicted octanol–water partition coefficient (Wildman–Crippen LogP) is 5.11. The molecule has 1 heterocycles. The molecule has 0 aliphatic heterocycles. The number of fused-ring (bicyclic) bond motifs is 1. The minimum atomic E-state index is 0.648. The van der Waals surface area contributed by atoms with Crippen molar-refractivity contribution in [3.05, 3.63) is 57.0 Å². The summed E-state index contributed by atoms with van der Waals surface area (Å²) in [6.07, 6.45) is 3.45. The molecule has 2 nitrogen and oxygen atoms in total. The second kappa shape index (κ2) is 5.11. The number of thiazole rings is 1. The monoisotopic (exact) mass is 358 g/mol. The Morgan fingerprint density at radius 2 is 1.90 bits per heavy atom. The van der Waals surface area contributed by atoms with Crippen LogP contribution in [0.1, 0.15) is 34.9 Å². The number of nitrogen functional groups attached to an aromatic ring is 1. The average Bonchev–Trinajstić information content (AvgIpc) is 3.26. The highest BCUT2D eigenvalue weighted by Gasteiger charge is 2.29. The number of benzene rings is 2. The smallest absolute Gasteiger partial charge is 0.180 e. The Hall–Kier alpha value is -1.39. The number of hydrogen-bond donors (Lipinski definition) is 1. The maximum Gasteiger partial charge on any atom is 0.180 e. The molecule has 2 N–H and O–H groups in total. The zero-order valence-corrected chi connectivity index (χ0v) is 13.9. The van der Waals surface area contributed by atoms with Crippen molar-refractivity contribution in [2.75, 3.05) is 5.73 Å². The standard InChI is InChI=1S/C17H15BrN2S/c18-14-8-7-11(12-3-1-2-4-13(12)14)9-15-16(10-5-6-10)20-17(19)21-15/h1-4,7-8,10H,5-6,9H2,(H2,19,20). The van der Waals surface area contributed by atoms with E-state index in [0.717, 1.165) is 10.9 Å². The van der Waals surface area contributed by atoms with Crippen LogP contribution in [0, 0.1) is 0 Å². The number of nitrogens with two attached hydrogens (primary N) is 1. The minimum Gasteiger partial charge on any atom is -0.375 e. The van der Waals surface area contributed by atoms with Gasteiger partial charge in [-0.3, -0.25) is 0 Å². The largest absolute Gasteiger partial charge is 0.375 e. The lowest BCUT2D eigenvalue weighted by Crippen LogP contribution is -1.93. The van der Waals surface area contributed by atoms with Crippen molar-refractivity contribution in [1.82, 2.24) is 4.98 Å². The van der Waals surface area contributed by atoms with E-state index < -0.39 is 0 Å². The Morgan fingerprint density at radius 3 is 2.67 bits per heavy atom. The molecule has 3 aromatic rings. The first-order valence-electron chi connectivity index (χ1n) is 7.13. The zero-order valence-electron chi connectivity index (χ0n) is 11.5. The molecule has 0 saturated heterocycles. The van der Waals surface area contributed by atoms with Gasteiger partial charge in [-0.2, -0.15) is 0 Å². The van der Waals surface area contributed by atoms with Gasteiger partial charge in [0.15, 0.2) is 5.13 Å². The summed E-state index contributed by atoms with van der Waals surface area (Å²) in [7, 11) is 0. The summed E-state index contributed by atoms with van der Waals surface area (Å²) in [5.74, 6) is 0.648. The zero-order chi connectivity index (χ0) is 14.4. The normalized spacial score (nSPS) is 14.7. The highest BCUT2D eigenvalue weighted by molar-refractivity contribution is 9.10. The SMILES string of the molecule is Nc1nc(C2CC2)c(Cc2ccc(Br)c3ccccc23)s1. The first kappa shape index (κ1) is 13.3. The highest BCUT2D eigenvalue weighted by Crippen LogP contribution is 2.44. The second-order valence-electron chi connectivity index (χ2n) is 5.56. The summed E-state index contributed by atoms with van der Waals surface area (Å²) in [5.41, 5.74) is 8.52. The van der Waals surface area contributed by atoms with Crippen LogP contribution in [-0.4, -0.2) is 4.98 Å². The van der Waals surface area contributed by atoms with Crippen molar-refractivity contribution in [3.63, 3.8) is 0 Å². The van der Waals surface area contributed by atoms with Gasteiger partial charge in [0.1, 0.15) is 0 Å². The second-order valence-corrected chi connectivity index (χ2v) is 7.53. The average molecular weight is 359 g/mol. The lowest BCUT2D eigenvalue weighted by atomic mass is 10.0. The van der Waals surface area contributed by atoms with Crippen LogP contribution in [0.3, 0.4) is 0 Å². The Morgan fingerprint density at radius 1 is 1.14 bits per heavy atom. The maximum atomic E-state index is 5.94. The van der Waals surface area contributed by atoms with E-state index in [2.05, 4.69) is 57.3 Å². The molecule has 0 spiro atoms. The summed E-state index contributed by atoms with van der Waals surface area (Å²) in [5, 5.41) is 3.27. The number of halogens is 1. The number of nitrogens with zero attached hydrogens (tertiary/aromatic N) is 1. The van der Waals surface area contributed by atoms with Crippen LogP contribution in [0.5, 0.6) is 0 Å². The maximum absolute atomic E-state index is 5.94. The van der Waals surface area contributed by atoms with Gasteiger partial charge in [-0.05, 0) is 35.2 Å². The van der Waals surface area contributed by atoms with Crippen molar-refractivity contribution in [1.29, 1.82) is 0 Å². The van der Waals surface area contributed by atoms with E-state index in [1.807, 2.05) is 0 Å². The van der Waals surface area contributed by atoms with Crippen LogP contribution in [0.2, 0.25) is 0 Å². The van der Waals surface area contributed by atoms with Gasteiger partial charge in [-0.25, -0.2) is 4.98 Å². The minimum absolute atomic E-state index is 0.648. The van der Waals surface area contributed by atoms with E-state index in [1.165, 1.54) is 39.7 Å². The van der Waals surface area contributed by atoms with E-state index in [9.17, 15) is 0 Å². The van der Waals surface area contributed by atoms with Gasteiger partial charge in [0.05, 0.1) is 5.69 Å². The fourth-order valence-corrected chi connectivity index (χ4v) is 4.26. The molecule has 1 aliphatic carbocycles. The molecular weight excluding hydrogens is 344 g/mol. The molecule has 0 unspecified atom stereocenters. The molecule has 1 aromatic heterocycles. The van der Waals surface area contributed by atoms with Crippen molar-refractivity contribution in [3.8, 4) is 0 Å². The molecule has 106 valence electrons. The molecule has 1 fully saturated rings. The summed E-state index contributed by atoms with van der Waals surface area (Å²) in [4.78, 5) is 5.89. The highest BCUT2D eigenvalue weighted by atomic mass is 79.9. The first-order valence-corrected chi connectivity index (χ1v) is 8.74. The van der Waals surface area contributed by atoms with Crippen LogP contribution in [0.25, 0.3) is 10.8 Å². The molecule has 21 heavy (non-hydrogen) atoms. The quantitative estimate of drug-likeness (QED) is 0.706. The van der Waals surface area contributed by atoms with E-state index in [4.69, 9.17) is 5.73 Å². The lowest BCUT2D eigenvalue weighted by Gasteiger charge is -2.08. The van der Waals surface area contributed by atoms with Gasteiger partial charge in [0.2, 0.25) is 0 Å². The third-order valence-electron chi connectivity index (χ3n) is 4.02. The van der Waals surface area contributed by atoms with Gasteiger partial charge < -0.3 is 5.73 Å². The van der Waals surface area contributed by atoms with Crippen LogP contribution in [0.4, 0.5) is 5.13 Å². The summed E-state index contributed by atoms with van der Waals surface area (Å²) >= 11 is 5.28. The predicted molar refractivity (Wildman–Crippen MR) is 93.0 cm³/mol. The van der Waals surface area contributed by atoms with Crippen molar-refractivity contribution in [2.45, 2.75) is 25.2 Å². The molecule has 0 atom stereocenters. The van der Waals surface area contributed by atoms with E-state index in [0.29, 0.717) is 11.0 Å². The number of hydrogen-bond acceptors (Lipinski definition) is 3. The Labute approximate surface area is 136 Å². The van der Waals surface area contributed by atoms with Gasteiger partial charge in [-0.15, -0.1) is 11.3 Å². The van der Waals surface area contributed by atoms with Crippen molar-refractivity contribution >= 4 is 43.2 Å². The van der Waals surface area contributed by atoms with Gasteiger partial charge >= 0.3 is 0 Å². The van der Waals surface area contributed by atoms with Gasteiger partial charge in [0, 0.05) is 21.7 Å². The molecule has 1 aliphatic rings. The molecule has 0 amide bonds. The molecule has 4 heteroatoms. The first-order chi connectivity index (χ1) is 10.2. The summed E-state index contributed by atoms with van der Waals surface area (Å²) in [6, 6.07) is 12.9. The van der Waals surface area contributed by atoms with E-state index >= 15 is 0 Å². The van der Waals surface area contributed by atoms with E-state index in [-0.39, 0.29) is 0 Å². The fraction of sp³-hybridized carbons (Fsp3) is 0.235. The van der Waals surface area contributed by atoms with Crippen molar-refractivity contribution in [2.24, 2.45) is 0 Å². The van der Waals surface area contributed by atoms with Crippen molar-refractivity contribution < 1.29 is 0 Å². The molecule has 1 saturated carbocycles. The van der Waals surface area contributed by atoms with Crippen LogP contribution >= 0.6 is 27.3 Å². The lowest BCUT2D eigenvalue weighted by molar-refractivity contribution is 1.01. The number of aromatic nitrogens is 1. The molecule has 4 rings (SSSR count). The molecular formula is C17H15BrN2S. The van der Waals surface area contributed by atoms with Crippen LogP contribution in [-0.2, 0) is 6.42 Å². The molecule has 2 aromatic carbocycles. The van der Waals surface area contributed by atoms with Crippen LogP contribution < -0.4 is 5.73 Å². The third kappa shape index (κ3) is 2.47.